The second-order valence-corrected chi connectivity index (χ2v) is 4.04. The van der Waals surface area contributed by atoms with E-state index in [4.69, 9.17) is 5.11 Å². The number of alkyl halides is 3. The fraction of sp³-hybridized carbons (Fsp3) is 0.154. The lowest BCUT2D eigenvalue weighted by Crippen LogP contribution is -2.06. The predicted octanol–water partition coefficient (Wildman–Crippen LogP) is 3.50. The number of hydrogen-bond donors (Lipinski definition) is 1. The van der Waals surface area contributed by atoms with Gasteiger partial charge in [-0.25, -0.2) is 4.79 Å². The predicted molar refractivity (Wildman–Crippen MR) is 62.5 cm³/mol. The molecule has 0 bridgehead atoms. The Hall–Kier alpha value is -2.24. The number of hydrogen-bond acceptors (Lipinski definition) is 1. The Morgan fingerprint density at radius 1 is 1.26 bits per heavy atom. The molecule has 0 aliphatic carbocycles. The van der Waals surface area contributed by atoms with Crippen molar-refractivity contribution in [2.45, 2.75) is 13.1 Å². The Morgan fingerprint density at radius 2 is 1.95 bits per heavy atom. The van der Waals surface area contributed by atoms with E-state index in [1.807, 2.05) is 0 Å². The Balaban J connectivity index is 2.51. The lowest BCUT2D eigenvalue weighted by Gasteiger charge is -2.11. The minimum absolute atomic E-state index is 0.0670. The molecule has 3 nitrogen and oxygen atoms in total. The Morgan fingerprint density at radius 3 is 2.47 bits per heavy atom. The van der Waals surface area contributed by atoms with Crippen molar-refractivity contribution >= 4 is 5.97 Å². The van der Waals surface area contributed by atoms with Crippen molar-refractivity contribution in [3.8, 4) is 5.69 Å². The van der Waals surface area contributed by atoms with Gasteiger partial charge in [-0.2, -0.15) is 13.2 Å². The first-order valence-corrected chi connectivity index (χ1v) is 5.39. The van der Waals surface area contributed by atoms with Gasteiger partial charge < -0.3 is 9.67 Å². The molecule has 19 heavy (non-hydrogen) atoms. The van der Waals surface area contributed by atoms with Crippen molar-refractivity contribution in [1.82, 2.24) is 4.57 Å². The van der Waals surface area contributed by atoms with Crippen LogP contribution in [0.5, 0.6) is 0 Å². The molecule has 0 aliphatic heterocycles. The van der Waals surface area contributed by atoms with Crippen LogP contribution in [0.1, 0.15) is 21.6 Å². The van der Waals surface area contributed by atoms with Gasteiger partial charge in [-0.05, 0) is 31.2 Å². The number of nitrogens with zero attached hydrogens (tertiary/aromatic N) is 1. The summed E-state index contributed by atoms with van der Waals surface area (Å²) in [6.45, 7) is 1.55. The van der Waals surface area contributed by atoms with Crippen LogP contribution < -0.4 is 0 Å². The third-order valence-electron chi connectivity index (χ3n) is 2.82. The zero-order valence-electron chi connectivity index (χ0n) is 9.90. The van der Waals surface area contributed by atoms with Gasteiger partial charge in [-0.1, -0.05) is 6.07 Å². The number of carbonyl (C=O) groups is 1. The summed E-state index contributed by atoms with van der Waals surface area (Å²) in [7, 11) is 0. The van der Waals surface area contributed by atoms with Crippen LogP contribution in [0.3, 0.4) is 0 Å². The first-order chi connectivity index (χ1) is 8.80. The molecule has 100 valence electrons. The van der Waals surface area contributed by atoms with Crippen LogP contribution in [0.4, 0.5) is 13.2 Å². The van der Waals surface area contributed by atoms with Gasteiger partial charge >= 0.3 is 12.1 Å². The van der Waals surface area contributed by atoms with Crippen LogP contribution >= 0.6 is 0 Å². The zero-order valence-corrected chi connectivity index (χ0v) is 9.90. The molecule has 0 fully saturated rings. The van der Waals surface area contributed by atoms with Crippen LogP contribution in [0.15, 0.2) is 36.5 Å². The first kappa shape index (κ1) is 13.2. The molecule has 2 aromatic rings. The van der Waals surface area contributed by atoms with Crippen molar-refractivity contribution in [3.05, 3.63) is 53.3 Å². The SMILES string of the molecule is Cc1c(C(=O)O)ccn1-c1cccc(C(F)(F)F)c1. The van der Waals surface area contributed by atoms with Gasteiger partial charge in [-0.3, -0.25) is 0 Å². The highest BCUT2D eigenvalue weighted by Gasteiger charge is 2.30. The van der Waals surface area contributed by atoms with E-state index in [1.54, 1.807) is 6.92 Å². The average Bonchev–Trinajstić information content (AvgIpc) is 2.70. The summed E-state index contributed by atoms with van der Waals surface area (Å²) in [4.78, 5) is 10.9. The van der Waals surface area contributed by atoms with Gasteiger partial charge in [0.05, 0.1) is 11.1 Å². The molecular weight excluding hydrogens is 259 g/mol. The Kier molecular flexibility index (Phi) is 3.09. The summed E-state index contributed by atoms with van der Waals surface area (Å²) in [5.41, 5.74) is -0.0426. The smallest absolute Gasteiger partial charge is 0.416 e. The summed E-state index contributed by atoms with van der Waals surface area (Å²) >= 11 is 0. The number of carboxylic acid groups (broad SMARTS) is 1. The third-order valence-corrected chi connectivity index (χ3v) is 2.82. The molecule has 1 aromatic heterocycles. The maximum atomic E-state index is 12.6. The van der Waals surface area contributed by atoms with E-state index in [-0.39, 0.29) is 11.3 Å². The van der Waals surface area contributed by atoms with Crippen molar-refractivity contribution in [2.24, 2.45) is 0 Å². The van der Waals surface area contributed by atoms with Gasteiger partial charge in [0.15, 0.2) is 0 Å². The average molecular weight is 269 g/mol. The molecule has 0 aliphatic rings. The molecule has 0 amide bonds. The molecule has 0 radical (unpaired) electrons. The van der Waals surface area contributed by atoms with Crippen LogP contribution in [0.25, 0.3) is 5.69 Å². The van der Waals surface area contributed by atoms with Crippen molar-refractivity contribution in [1.29, 1.82) is 0 Å². The molecule has 0 saturated carbocycles. The third kappa shape index (κ3) is 2.47. The molecule has 0 spiro atoms. The zero-order chi connectivity index (χ0) is 14.2. The molecule has 6 heteroatoms. The van der Waals surface area contributed by atoms with Crippen molar-refractivity contribution in [3.63, 3.8) is 0 Å². The van der Waals surface area contributed by atoms with Gasteiger partial charge in [0.1, 0.15) is 0 Å². The molecule has 0 unspecified atom stereocenters. The molecule has 2 rings (SSSR count). The fourth-order valence-electron chi connectivity index (χ4n) is 1.85. The first-order valence-electron chi connectivity index (χ1n) is 5.39. The molecule has 0 saturated heterocycles. The Bertz CT molecular complexity index is 629. The number of carboxylic acids is 1. The van der Waals surface area contributed by atoms with Gasteiger partial charge in [-0.15, -0.1) is 0 Å². The molecule has 1 N–H and O–H groups in total. The van der Waals surface area contributed by atoms with Gasteiger partial charge in [0.25, 0.3) is 0 Å². The number of aromatic nitrogens is 1. The van der Waals surface area contributed by atoms with Crippen LogP contribution in [-0.2, 0) is 6.18 Å². The van der Waals surface area contributed by atoms with Crippen LogP contribution in [0, 0.1) is 6.92 Å². The van der Waals surface area contributed by atoms with E-state index >= 15 is 0 Å². The standard InChI is InChI=1S/C13H10F3NO2/c1-8-11(12(18)19)5-6-17(8)10-4-2-3-9(7-10)13(14,15)16/h2-7H,1H3,(H,18,19). The van der Waals surface area contributed by atoms with Gasteiger partial charge in [0, 0.05) is 17.6 Å². The number of aromatic carboxylic acids is 1. The normalized spacial score (nSPS) is 11.6. The highest BCUT2D eigenvalue weighted by atomic mass is 19.4. The van der Waals surface area contributed by atoms with Crippen molar-refractivity contribution in [2.75, 3.05) is 0 Å². The van der Waals surface area contributed by atoms with E-state index in [9.17, 15) is 18.0 Å². The van der Waals surface area contributed by atoms with E-state index in [0.717, 1.165) is 12.1 Å². The summed E-state index contributed by atoms with van der Waals surface area (Å²) in [6, 6.07) is 6.10. The Labute approximate surface area is 106 Å². The molecular formula is C13H10F3NO2. The monoisotopic (exact) mass is 269 g/mol. The number of benzene rings is 1. The lowest BCUT2D eigenvalue weighted by molar-refractivity contribution is -0.137. The van der Waals surface area contributed by atoms with E-state index in [0.29, 0.717) is 5.69 Å². The summed E-state index contributed by atoms with van der Waals surface area (Å²) < 4.78 is 39.3. The quantitative estimate of drug-likeness (QED) is 0.906. The summed E-state index contributed by atoms with van der Waals surface area (Å²) in [5, 5.41) is 8.92. The minimum Gasteiger partial charge on any atom is -0.478 e. The largest absolute Gasteiger partial charge is 0.478 e. The van der Waals surface area contributed by atoms with Crippen molar-refractivity contribution < 1.29 is 23.1 Å². The topological polar surface area (TPSA) is 42.2 Å². The lowest BCUT2D eigenvalue weighted by atomic mass is 10.2. The molecule has 0 atom stereocenters. The second-order valence-electron chi connectivity index (χ2n) is 4.04. The van der Waals surface area contributed by atoms with E-state index < -0.39 is 17.7 Å². The second kappa shape index (κ2) is 4.46. The van der Waals surface area contributed by atoms with Crippen LogP contribution in [0.2, 0.25) is 0 Å². The summed E-state index contributed by atoms with van der Waals surface area (Å²) in [6.07, 6.45) is -2.99. The van der Waals surface area contributed by atoms with E-state index in [1.165, 1.54) is 29.0 Å². The highest BCUT2D eigenvalue weighted by Crippen LogP contribution is 2.30. The molecule has 1 heterocycles. The number of halogens is 3. The maximum Gasteiger partial charge on any atom is 0.416 e. The number of rotatable bonds is 2. The maximum absolute atomic E-state index is 12.6. The summed E-state index contributed by atoms with van der Waals surface area (Å²) in [5.74, 6) is -1.11. The van der Waals surface area contributed by atoms with E-state index in [2.05, 4.69) is 0 Å². The van der Waals surface area contributed by atoms with Gasteiger partial charge in [0.2, 0.25) is 0 Å². The van der Waals surface area contributed by atoms with Crippen LogP contribution in [-0.4, -0.2) is 15.6 Å². The highest BCUT2D eigenvalue weighted by molar-refractivity contribution is 5.89. The fourth-order valence-corrected chi connectivity index (χ4v) is 1.85. The molecule has 1 aromatic carbocycles. The minimum atomic E-state index is -4.42.